The highest BCUT2D eigenvalue weighted by molar-refractivity contribution is 5.38. The average Bonchev–Trinajstić information content (AvgIpc) is 2.45. The van der Waals surface area contributed by atoms with Gasteiger partial charge in [0.25, 0.3) is 0 Å². The molecule has 21 heavy (non-hydrogen) atoms. The molecule has 0 amide bonds. The predicted molar refractivity (Wildman–Crippen MR) is 82.1 cm³/mol. The molecule has 0 aromatic carbocycles. The number of nitrogens with two attached hydrogens (primary N) is 1. The molecule has 0 bridgehead atoms. The summed E-state index contributed by atoms with van der Waals surface area (Å²) in [4.78, 5) is 14.2. The molecule has 3 N–H and O–H groups in total. The van der Waals surface area contributed by atoms with Crippen LogP contribution in [-0.4, -0.2) is 47.1 Å². The largest absolute Gasteiger partial charge is 0.476 e. The van der Waals surface area contributed by atoms with Crippen molar-refractivity contribution in [1.29, 1.82) is 0 Å². The minimum absolute atomic E-state index is 0.252. The molecular weight excluding hydrogens is 268 g/mol. The van der Waals surface area contributed by atoms with Gasteiger partial charge in [0.15, 0.2) is 0 Å². The highest BCUT2D eigenvalue weighted by Crippen LogP contribution is 2.11. The summed E-state index contributed by atoms with van der Waals surface area (Å²) in [6.07, 6.45) is 3.35. The Labute approximate surface area is 124 Å². The number of nitrogens with zero attached hydrogens (tertiary/aromatic N) is 4. The van der Waals surface area contributed by atoms with E-state index in [9.17, 15) is 0 Å². The molecule has 0 saturated heterocycles. The van der Waals surface area contributed by atoms with Crippen LogP contribution in [0.1, 0.15) is 5.56 Å². The third kappa shape index (κ3) is 5.23. The number of rotatable bonds is 7. The molecule has 0 unspecified atom stereocenters. The van der Waals surface area contributed by atoms with Gasteiger partial charge in [-0.3, -0.25) is 0 Å². The van der Waals surface area contributed by atoms with Crippen LogP contribution >= 0.6 is 0 Å². The van der Waals surface area contributed by atoms with E-state index in [0.29, 0.717) is 24.8 Å². The van der Waals surface area contributed by atoms with Crippen LogP contribution in [0.25, 0.3) is 0 Å². The number of aromatic nitrogens is 3. The molecule has 7 heteroatoms. The molecule has 0 aliphatic carbocycles. The van der Waals surface area contributed by atoms with Gasteiger partial charge in [-0.25, -0.2) is 9.97 Å². The monoisotopic (exact) mass is 288 g/mol. The van der Waals surface area contributed by atoms with Crippen molar-refractivity contribution >= 4 is 11.8 Å². The van der Waals surface area contributed by atoms with Crippen molar-refractivity contribution < 1.29 is 4.74 Å². The molecule has 112 valence electrons. The number of nitrogen functional groups attached to an aromatic ring is 1. The van der Waals surface area contributed by atoms with Crippen molar-refractivity contribution in [2.75, 3.05) is 38.3 Å². The summed E-state index contributed by atoms with van der Waals surface area (Å²) in [6.45, 7) is 2.08. The van der Waals surface area contributed by atoms with Gasteiger partial charge >= 0.3 is 0 Å². The second kappa shape index (κ2) is 7.39. The van der Waals surface area contributed by atoms with Crippen LogP contribution in [-0.2, 0) is 6.54 Å². The van der Waals surface area contributed by atoms with Crippen molar-refractivity contribution in [3.05, 3.63) is 36.2 Å². The van der Waals surface area contributed by atoms with Gasteiger partial charge in [0, 0.05) is 31.5 Å². The third-order valence-corrected chi connectivity index (χ3v) is 2.74. The van der Waals surface area contributed by atoms with E-state index in [1.165, 1.54) is 0 Å². The third-order valence-electron chi connectivity index (χ3n) is 2.74. The van der Waals surface area contributed by atoms with E-state index in [1.807, 2.05) is 26.2 Å². The zero-order valence-electron chi connectivity index (χ0n) is 12.3. The summed E-state index contributed by atoms with van der Waals surface area (Å²) in [5.74, 6) is 1.56. The van der Waals surface area contributed by atoms with Crippen molar-refractivity contribution in [3.63, 3.8) is 0 Å². The fourth-order valence-electron chi connectivity index (χ4n) is 1.64. The molecule has 2 heterocycles. The Balaban J connectivity index is 1.88. The van der Waals surface area contributed by atoms with E-state index < -0.39 is 0 Å². The highest BCUT2D eigenvalue weighted by atomic mass is 16.5. The van der Waals surface area contributed by atoms with E-state index >= 15 is 0 Å². The van der Waals surface area contributed by atoms with E-state index in [4.69, 9.17) is 10.5 Å². The second-order valence-corrected chi connectivity index (χ2v) is 4.81. The first kappa shape index (κ1) is 15.0. The summed E-state index contributed by atoms with van der Waals surface area (Å²) in [7, 11) is 4.01. The lowest BCUT2D eigenvalue weighted by Gasteiger charge is -2.11. The van der Waals surface area contributed by atoms with Crippen LogP contribution in [0.4, 0.5) is 11.8 Å². The fourth-order valence-corrected chi connectivity index (χ4v) is 1.64. The van der Waals surface area contributed by atoms with Gasteiger partial charge in [-0.05, 0) is 31.8 Å². The molecule has 2 aromatic heterocycles. The lowest BCUT2D eigenvalue weighted by Crippen LogP contribution is -2.19. The van der Waals surface area contributed by atoms with E-state index in [2.05, 4.69) is 25.2 Å². The Morgan fingerprint density at radius 2 is 2.05 bits per heavy atom. The SMILES string of the molecule is CN(C)CCOc1cc(CNc2ccnc(N)n2)ccn1. The Hall–Kier alpha value is -2.41. The summed E-state index contributed by atoms with van der Waals surface area (Å²) >= 11 is 0. The molecule has 0 radical (unpaired) electrons. The first-order valence-electron chi connectivity index (χ1n) is 6.68. The molecule has 0 spiro atoms. The number of anilines is 2. The zero-order valence-corrected chi connectivity index (χ0v) is 12.3. The molecule has 2 aromatic rings. The molecule has 0 fully saturated rings. The molecular formula is C14H20N6O. The van der Waals surface area contributed by atoms with Gasteiger partial charge in [-0.2, -0.15) is 4.98 Å². The van der Waals surface area contributed by atoms with Crippen molar-refractivity contribution in [2.24, 2.45) is 0 Å². The van der Waals surface area contributed by atoms with Crippen LogP contribution < -0.4 is 15.8 Å². The molecule has 0 atom stereocenters. The lowest BCUT2D eigenvalue weighted by atomic mass is 10.2. The van der Waals surface area contributed by atoms with E-state index in [0.717, 1.165) is 12.1 Å². The summed E-state index contributed by atoms with van der Waals surface area (Å²) in [6, 6.07) is 5.61. The number of hydrogen-bond acceptors (Lipinski definition) is 7. The van der Waals surface area contributed by atoms with Gasteiger partial charge in [0.1, 0.15) is 12.4 Å². The maximum Gasteiger partial charge on any atom is 0.221 e. The van der Waals surface area contributed by atoms with Crippen molar-refractivity contribution in [3.8, 4) is 5.88 Å². The lowest BCUT2D eigenvalue weighted by molar-refractivity contribution is 0.253. The maximum atomic E-state index is 5.60. The standard InChI is InChI=1S/C14H20N6O/c1-20(2)7-8-21-13-9-11(3-5-16-13)10-18-12-4-6-17-14(15)19-12/h3-6,9H,7-8,10H2,1-2H3,(H3,15,17,18,19). The molecule has 0 aliphatic rings. The Bertz CT molecular complexity index is 575. The average molecular weight is 288 g/mol. The van der Waals surface area contributed by atoms with Gasteiger partial charge in [-0.1, -0.05) is 0 Å². The number of likely N-dealkylation sites (N-methyl/N-ethyl adjacent to an activating group) is 1. The molecule has 0 aliphatic heterocycles. The smallest absolute Gasteiger partial charge is 0.221 e. The van der Waals surface area contributed by atoms with Crippen LogP contribution in [0.5, 0.6) is 5.88 Å². The normalized spacial score (nSPS) is 10.6. The van der Waals surface area contributed by atoms with Crippen LogP contribution in [0, 0.1) is 0 Å². The maximum absolute atomic E-state index is 5.60. The second-order valence-electron chi connectivity index (χ2n) is 4.81. The van der Waals surface area contributed by atoms with Gasteiger partial charge in [0.05, 0.1) is 0 Å². The Morgan fingerprint density at radius 1 is 1.24 bits per heavy atom. The van der Waals surface area contributed by atoms with Crippen LogP contribution in [0.15, 0.2) is 30.6 Å². The summed E-state index contributed by atoms with van der Waals surface area (Å²) in [5.41, 5.74) is 6.59. The van der Waals surface area contributed by atoms with Crippen LogP contribution in [0.2, 0.25) is 0 Å². The summed E-state index contributed by atoms with van der Waals surface area (Å²) < 4.78 is 5.60. The first-order chi connectivity index (χ1) is 10.1. The first-order valence-corrected chi connectivity index (χ1v) is 6.68. The van der Waals surface area contributed by atoms with Gasteiger partial charge in [-0.15, -0.1) is 0 Å². The summed E-state index contributed by atoms with van der Waals surface area (Å²) in [5, 5.41) is 3.18. The predicted octanol–water partition coefficient (Wildman–Crippen LogP) is 1.01. The minimum atomic E-state index is 0.252. The van der Waals surface area contributed by atoms with Crippen molar-refractivity contribution in [1.82, 2.24) is 19.9 Å². The van der Waals surface area contributed by atoms with E-state index in [-0.39, 0.29) is 5.95 Å². The minimum Gasteiger partial charge on any atom is -0.476 e. The number of nitrogens with one attached hydrogen (secondary N) is 1. The number of pyridine rings is 1. The number of ether oxygens (including phenoxy) is 1. The van der Waals surface area contributed by atoms with Crippen molar-refractivity contribution in [2.45, 2.75) is 6.54 Å². The molecule has 7 nitrogen and oxygen atoms in total. The molecule has 2 rings (SSSR count). The van der Waals surface area contributed by atoms with Gasteiger partial charge in [0.2, 0.25) is 11.8 Å². The van der Waals surface area contributed by atoms with Gasteiger partial charge < -0.3 is 20.7 Å². The van der Waals surface area contributed by atoms with Crippen LogP contribution in [0.3, 0.4) is 0 Å². The quantitative estimate of drug-likeness (QED) is 0.785. The zero-order chi connectivity index (χ0) is 15.1. The topological polar surface area (TPSA) is 89.2 Å². The number of hydrogen-bond donors (Lipinski definition) is 2. The molecule has 0 saturated carbocycles. The van der Waals surface area contributed by atoms with E-state index in [1.54, 1.807) is 18.5 Å². The Morgan fingerprint density at radius 3 is 2.81 bits per heavy atom. The Kier molecular flexibility index (Phi) is 5.28. The highest BCUT2D eigenvalue weighted by Gasteiger charge is 2.01. The fraction of sp³-hybridized carbons (Fsp3) is 0.357.